The summed E-state index contributed by atoms with van der Waals surface area (Å²) in [6, 6.07) is 6.08. The third kappa shape index (κ3) is 2.20. The fraction of sp³-hybridized carbons (Fsp3) is 0.600. The van der Waals surface area contributed by atoms with Gasteiger partial charge in [-0.2, -0.15) is 0 Å². The molecule has 124 valence electrons. The van der Waals surface area contributed by atoms with Gasteiger partial charge >= 0.3 is 0 Å². The lowest BCUT2D eigenvalue weighted by Crippen LogP contribution is -2.58. The first-order valence-corrected chi connectivity index (χ1v) is 8.57. The van der Waals surface area contributed by atoms with Gasteiger partial charge in [-0.1, -0.05) is 46.2 Å². The van der Waals surface area contributed by atoms with Crippen molar-refractivity contribution < 1.29 is 14.7 Å². The minimum Gasteiger partial charge on any atom is -0.385 e. The van der Waals surface area contributed by atoms with Gasteiger partial charge in [0.15, 0.2) is 5.78 Å². The van der Waals surface area contributed by atoms with Crippen LogP contribution in [-0.4, -0.2) is 23.3 Å². The summed E-state index contributed by atoms with van der Waals surface area (Å²) < 4.78 is 0. The SMILES string of the molecule is CC(C)c1ccc2c(c1)C(=O)C(O)C1[C@@](C)(C=O)CCC[C@]21C. The van der Waals surface area contributed by atoms with Crippen LogP contribution >= 0.6 is 0 Å². The Morgan fingerprint density at radius 1 is 1.26 bits per heavy atom. The maximum absolute atomic E-state index is 12.8. The molecule has 0 aliphatic heterocycles. The maximum Gasteiger partial charge on any atom is 0.191 e. The Kier molecular flexibility index (Phi) is 3.75. The van der Waals surface area contributed by atoms with Gasteiger partial charge in [0.1, 0.15) is 12.4 Å². The highest BCUT2D eigenvalue weighted by Gasteiger charge is 2.58. The number of hydrogen-bond acceptors (Lipinski definition) is 3. The number of ketones is 1. The van der Waals surface area contributed by atoms with Crippen LogP contribution in [0.5, 0.6) is 0 Å². The van der Waals surface area contributed by atoms with Crippen molar-refractivity contribution in [2.45, 2.75) is 64.4 Å². The zero-order valence-corrected chi connectivity index (χ0v) is 14.4. The molecule has 0 spiro atoms. The summed E-state index contributed by atoms with van der Waals surface area (Å²) in [4.78, 5) is 24.6. The van der Waals surface area contributed by atoms with Crippen LogP contribution in [0.4, 0.5) is 0 Å². The number of aliphatic hydroxyl groups is 1. The molecule has 4 atom stereocenters. The quantitative estimate of drug-likeness (QED) is 0.848. The fourth-order valence-electron chi connectivity index (χ4n) is 4.95. The van der Waals surface area contributed by atoms with Crippen molar-refractivity contribution in [2.75, 3.05) is 0 Å². The number of rotatable bonds is 2. The Morgan fingerprint density at radius 3 is 2.57 bits per heavy atom. The van der Waals surface area contributed by atoms with Crippen molar-refractivity contribution in [1.29, 1.82) is 0 Å². The normalized spacial score (nSPS) is 36.5. The largest absolute Gasteiger partial charge is 0.385 e. The molecule has 2 aliphatic carbocycles. The lowest BCUT2D eigenvalue weighted by Gasteiger charge is -2.54. The molecule has 3 rings (SSSR count). The molecule has 0 bridgehead atoms. The van der Waals surface area contributed by atoms with E-state index in [0.29, 0.717) is 11.5 Å². The number of aldehydes is 1. The Hall–Kier alpha value is -1.48. The second-order valence-electron chi connectivity index (χ2n) is 8.14. The van der Waals surface area contributed by atoms with Crippen LogP contribution < -0.4 is 0 Å². The lowest BCUT2D eigenvalue weighted by molar-refractivity contribution is -0.127. The van der Waals surface area contributed by atoms with Gasteiger partial charge in [0, 0.05) is 16.9 Å². The zero-order chi connectivity index (χ0) is 17.0. The minimum atomic E-state index is -1.09. The van der Waals surface area contributed by atoms with Crippen LogP contribution in [0.1, 0.15) is 74.4 Å². The van der Waals surface area contributed by atoms with Gasteiger partial charge in [-0.15, -0.1) is 0 Å². The standard InChI is InChI=1S/C20H26O3/c1-12(2)13-6-7-15-14(10-13)16(22)17(23)18-19(3,11-21)8-5-9-20(15,18)4/h6-7,10-12,17-18,23H,5,8-9H2,1-4H3/t17?,18?,19-,20-/m1/s1. The first kappa shape index (κ1) is 16.4. The molecule has 1 saturated carbocycles. The van der Waals surface area contributed by atoms with E-state index in [-0.39, 0.29) is 17.1 Å². The Balaban J connectivity index is 2.22. The summed E-state index contributed by atoms with van der Waals surface area (Å²) in [5.74, 6) is -0.228. The average Bonchev–Trinajstić information content (AvgIpc) is 2.52. The highest BCUT2D eigenvalue weighted by atomic mass is 16.3. The fourth-order valence-corrected chi connectivity index (χ4v) is 4.95. The molecule has 0 heterocycles. The van der Waals surface area contributed by atoms with Gasteiger partial charge in [0.05, 0.1) is 0 Å². The number of aliphatic hydroxyl groups excluding tert-OH is 1. The van der Waals surface area contributed by atoms with Gasteiger partial charge in [0.25, 0.3) is 0 Å². The average molecular weight is 314 g/mol. The van der Waals surface area contributed by atoms with E-state index in [4.69, 9.17) is 0 Å². The minimum absolute atomic E-state index is 0.222. The second-order valence-corrected chi connectivity index (χ2v) is 8.14. The van der Waals surface area contributed by atoms with E-state index in [1.165, 1.54) is 0 Å². The number of carbonyl (C=O) groups excluding carboxylic acids is 2. The van der Waals surface area contributed by atoms with E-state index in [1.54, 1.807) is 0 Å². The monoisotopic (exact) mass is 314 g/mol. The molecular formula is C20H26O3. The summed E-state index contributed by atoms with van der Waals surface area (Å²) in [6.07, 6.45) is 2.44. The van der Waals surface area contributed by atoms with Crippen LogP contribution in [0.15, 0.2) is 18.2 Å². The van der Waals surface area contributed by atoms with Crippen molar-refractivity contribution in [1.82, 2.24) is 0 Å². The van der Waals surface area contributed by atoms with Gasteiger partial charge in [-0.25, -0.2) is 0 Å². The molecule has 3 nitrogen and oxygen atoms in total. The number of benzene rings is 1. The highest BCUT2D eigenvalue weighted by molar-refractivity contribution is 6.03. The molecule has 1 aromatic carbocycles. The van der Waals surface area contributed by atoms with E-state index >= 15 is 0 Å². The lowest BCUT2D eigenvalue weighted by atomic mass is 9.49. The van der Waals surface area contributed by atoms with Crippen molar-refractivity contribution in [3.05, 3.63) is 34.9 Å². The number of Topliss-reactive ketones (excluding diaryl/α,β-unsaturated/α-hetero) is 1. The van der Waals surface area contributed by atoms with Crippen molar-refractivity contribution in [2.24, 2.45) is 11.3 Å². The second kappa shape index (κ2) is 5.27. The van der Waals surface area contributed by atoms with E-state index in [0.717, 1.165) is 36.7 Å². The van der Waals surface area contributed by atoms with E-state index in [2.05, 4.69) is 32.9 Å². The van der Waals surface area contributed by atoms with Crippen LogP contribution in [0.3, 0.4) is 0 Å². The Morgan fingerprint density at radius 2 is 1.96 bits per heavy atom. The third-order valence-corrected chi connectivity index (χ3v) is 6.25. The molecule has 2 unspecified atom stereocenters. The van der Waals surface area contributed by atoms with E-state index in [9.17, 15) is 14.7 Å². The van der Waals surface area contributed by atoms with E-state index < -0.39 is 11.5 Å². The molecule has 1 fully saturated rings. The molecule has 2 aliphatic rings. The topological polar surface area (TPSA) is 54.4 Å². The van der Waals surface area contributed by atoms with Crippen molar-refractivity contribution in [3.63, 3.8) is 0 Å². The summed E-state index contributed by atoms with van der Waals surface area (Å²) in [7, 11) is 0. The molecule has 0 saturated heterocycles. The van der Waals surface area contributed by atoms with Crippen molar-refractivity contribution >= 4 is 12.1 Å². The molecule has 0 aromatic heterocycles. The van der Waals surface area contributed by atoms with Gasteiger partial charge in [-0.3, -0.25) is 4.79 Å². The van der Waals surface area contributed by atoms with Crippen LogP contribution in [-0.2, 0) is 10.2 Å². The smallest absolute Gasteiger partial charge is 0.191 e. The maximum atomic E-state index is 12.8. The molecule has 23 heavy (non-hydrogen) atoms. The molecular weight excluding hydrogens is 288 g/mol. The number of carbonyl (C=O) groups is 2. The summed E-state index contributed by atoms with van der Waals surface area (Å²) in [6.45, 7) is 8.20. The van der Waals surface area contributed by atoms with Crippen LogP contribution in [0, 0.1) is 11.3 Å². The van der Waals surface area contributed by atoms with Crippen LogP contribution in [0.2, 0.25) is 0 Å². The Bertz CT molecular complexity index is 663. The Labute approximate surface area is 138 Å². The third-order valence-electron chi connectivity index (χ3n) is 6.25. The summed E-state index contributed by atoms with van der Waals surface area (Å²) >= 11 is 0. The molecule has 3 heteroatoms. The predicted octanol–water partition coefficient (Wildman–Crippen LogP) is 3.63. The molecule has 1 N–H and O–H groups in total. The van der Waals surface area contributed by atoms with Crippen LogP contribution in [0.25, 0.3) is 0 Å². The summed E-state index contributed by atoms with van der Waals surface area (Å²) in [5.41, 5.74) is 1.80. The molecule has 1 aromatic rings. The summed E-state index contributed by atoms with van der Waals surface area (Å²) in [5, 5.41) is 10.8. The van der Waals surface area contributed by atoms with E-state index in [1.807, 2.05) is 13.0 Å². The number of hydrogen-bond donors (Lipinski definition) is 1. The zero-order valence-electron chi connectivity index (χ0n) is 14.4. The first-order chi connectivity index (χ1) is 10.7. The molecule has 0 amide bonds. The molecule has 0 radical (unpaired) electrons. The predicted molar refractivity (Wildman–Crippen MR) is 89.7 cm³/mol. The number of fused-ring (bicyclic) bond motifs is 3. The van der Waals surface area contributed by atoms with Gasteiger partial charge < -0.3 is 9.90 Å². The van der Waals surface area contributed by atoms with Gasteiger partial charge in [-0.05, 0) is 41.4 Å². The van der Waals surface area contributed by atoms with Crippen molar-refractivity contribution in [3.8, 4) is 0 Å². The first-order valence-electron chi connectivity index (χ1n) is 8.57. The van der Waals surface area contributed by atoms with Gasteiger partial charge in [0.2, 0.25) is 0 Å². The highest BCUT2D eigenvalue weighted by Crippen LogP contribution is 2.56.